The summed E-state index contributed by atoms with van der Waals surface area (Å²) < 4.78 is 27.1. The van der Waals surface area contributed by atoms with Crippen molar-refractivity contribution in [3.8, 4) is 11.8 Å². The third-order valence-electron chi connectivity index (χ3n) is 21.3. The van der Waals surface area contributed by atoms with Crippen LogP contribution in [0, 0.1) is 72.3 Å². The molecular formula is C69H91Cl2N9O9. The maximum absolute atomic E-state index is 14.8. The summed E-state index contributed by atoms with van der Waals surface area (Å²) in [5, 5.41) is 6.39. The van der Waals surface area contributed by atoms with E-state index in [9.17, 15) is 24.0 Å². The Morgan fingerprint density at radius 3 is 1.62 bits per heavy atom. The topological polar surface area (TPSA) is 200 Å². The maximum Gasteiger partial charge on any atom is 0.414 e. The van der Waals surface area contributed by atoms with Crippen LogP contribution in [0.5, 0.6) is 11.8 Å². The lowest BCUT2D eigenvalue weighted by atomic mass is 9.58. The molecular weight excluding hydrogens is 1170 g/mol. The van der Waals surface area contributed by atoms with Crippen molar-refractivity contribution >= 4 is 76.2 Å². The summed E-state index contributed by atoms with van der Waals surface area (Å²) in [6.45, 7) is 27.9. The molecule has 0 spiro atoms. The van der Waals surface area contributed by atoms with Gasteiger partial charge in [-0.3, -0.25) is 10.2 Å². The van der Waals surface area contributed by atoms with Crippen molar-refractivity contribution in [2.75, 3.05) is 14.1 Å². The molecule has 0 radical (unpaired) electrons. The smallest absolute Gasteiger partial charge is 0.414 e. The zero-order valence-corrected chi connectivity index (χ0v) is 54.9. The van der Waals surface area contributed by atoms with Crippen LogP contribution < -0.4 is 9.47 Å². The number of nitrogens with zero attached hydrogens (tertiary/aromatic N) is 7. The Morgan fingerprint density at radius 2 is 1.12 bits per heavy atom. The Morgan fingerprint density at radius 1 is 0.640 bits per heavy atom. The number of carbonyl (C=O) groups excluding carboxylic acids is 5. The standard InChI is InChI=1S/C41H61N5O4.C28H30Cl2N4O5/c1-26-20-22-30(23-21-26)37-43-38-34(35(42-2)39(46(38)44-37)50-41(48)45(3)4)40(47)49-36-32(28-16-10-6-11-17-28)24-31(27-14-8-5-9-15-27)25-33(36)29-18-12-7-13-19-29;1-7-16-11-14(2)22(15(3)12-16)38-26(37)20-21(31-6)24(34-23(20)32-27(33-34)28(4,5)13-35)39-25(36)19-17(29)9-8-10-18(19)30/h26-33,36H,5-25H2,1,3-4H3,(H,43,44);8-10,13-16,22H,7,11-12H2,1-5H3,(H,32,33). The van der Waals surface area contributed by atoms with Crippen LogP contribution in [0.2, 0.25) is 10.0 Å². The molecule has 4 aromatic heterocycles. The second kappa shape index (κ2) is 28.4. The minimum atomic E-state index is -1.06. The molecule has 1 aromatic carbocycles. The largest absolute Gasteiger partial charge is 0.459 e. The average Bonchev–Trinajstić information content (AvgIpc) is 1.65. The molecule has 11 rings (SSSR count). The van der Waals surface area contributed by atoms with Crippen molar-refractivity contribution in [2.24, 2.45) is 59.2 Å². The molecule has 89 heavy (non-hydrogen) atoms. The normalized spacial score (nSPS) is 26.5. The quantitative estimate of drug-likeness (QED) is 0.0609. The summed E-state index contributed by atoms with van der Waals surface area (Å²) in [5.74, 6) is 3.68. The number of benzene rings is 1. The number of H-pyrrole nitrogens is 2. The van der Waals surface area contributed by atoms with E-state index >= 15 is 0 Å². The van der Waals surface area contributed by atoms with Crippen LogP contribution >= 0.6 is 23.2 Å². The van der Waals surface area contributed by atoms with Crippen molar-refractivity contribution in [1.82, 2.24) is 34.1 Å². The van der Waals surface area contributed by atoms with Gasteiger partial charge in [-0.2, -0.15) is 0 Å². The van der Waals surface area contributed by atoms with Crippen molar-refractivity contribution < 1.29 is 42.9 Å². The van der Waals surface area contributed by atoms with E-state index in [1.807, 2.05) is 0 Å². The number of aldehydes is 1. The maximum atomic E-state index is 14.8. The average molecular weight is 1260 g/mol. The van der Waals surface area contributed by atoms with Gasteiger partial charge < -0.3 is 28.6 Å². The minimum absolute atomic E-state index is 0.00605. The fourth-order valence-electron chi connectivity index (χ4n) is 16.3. The number of fused-ring (bicyclic) bond motifs is 2. The molecule has 6 aliphatic rings. The zero-order valence-electron chi connectivity index (χ0n) is 53.3. The Kier molecular flexibility index (Phi) is 20.9. The third kappa shape index (κ3) is 13.9. The first kappa shape index (κ1) is 65.6. The Hall–Kier alpha value is -6.37. The number of aromatic nitrogens is 6. The summed E-state index contributed by atoms with van der Waals surface area (Å²) in [4.78, 5) is 84.4. The highest BCUT2D eigenvalue weighted by Crippen LogP contribution is 2.53. The van der Waals surface area contributed by atoms with E-state index in [1.54, 1.807) is 38.5 Å². The minimum Gasteiger partial charge on any atom is -0.459 e. The first-order chi connectivity index (χ1) is 42.7. The van der Waals surface area contributed by atoms with Crippen molar-refractivity contribution in [2.45, 2.75) is 219 Å². The second-order valence-corrected chi connectivity index (χ2v) is 28.8. The van der Waals surface area contributed by atoms with Gasteiger partial charge in [0.15, 0.2) is 11.3 Å². The van der Waals surface area contributed by atoms with Gasteiger partial charge in [-0.05, 0) is 124 Å². The van der Waals surface area contributed by atoms with Gasteiger partial charge in [-0.1, -0.05) is 173 Å². The predicted octanol–water partition coefficient (Wildman–Crippen LogP) is 17.3. The lowest BCUT2D eigenvalue weighted by Crippen LogP contribution is -2.48. The van der Waals surface area contributed by atoms with Gasteiger partial charge in [0, 0.05) is 20.0 Å². The number of nitrogens with one attached hydrogen (secondary N) is 2. The molecule has 0 saturated heterocycles. The van der Waals surface area contributed by atoms with Crippen LogP contribution in [0.3, 0.4) is 0 Å². The highest BCUT2D eigenvalue weighted by Gasteiger charge is 2.49. The van der Waals surface area contributed by atoms with Gasteiger partial charge in [0.2, 0.25) is 11.8 Å². The van der Waals surface area contributed by atoms with E-state index in [4.69, 9.17) is 60.3 Å². The molecule has 6 fully saturated rings. The molecule has 4 atom stereocenters. The summed E-state index contributed by atoms with van der Waals surface area (Å²) in [6, 6.07) is 4.54. The number of hydrogen-bond acceptors (Lipinski definition) is 11. The van der Waals surface area contributed by atoms with E-state index in [0.717, 1.165) is 69.5 Å². The van der Waals surface area contributed by atoms with Crippen LogP contribution in [-0.2, 0) is 19.7 Å². The molecule has 4 heterocycles. The summed E-state index contributed by atoms with van der Waals surface area (Å²) in [6.07, 6.45) is 28.5. The monoisotopic (exact) mass is 1260 g/mol. The molecule has 6 saturated carbocycles. The van der Waals surface area contributed by atoms with Crippen LogP contribution in [-0.4, -0.2) is 90.7 Å². The first-order valence-electron chi connectivity index (χ1n) is 33.2. The number of ether oxygens (including phenoxy) is 4. The van der Waals surface area contributed by atoms with E-state index in [-0.39, 0.29) is 91.3 Å². The van der Waals surface area contributed by atoms with Crippen LogP contribution in [0.25, 0.3) is 21.0 Å². The van der Waals surface area contributed by atoms with Gasteiger partial charge in [0.1, 0.15) is 41.3 Å². The van der Waals surface area contributed by atoms with Gasteiger partial charge in [0.05, 0.1) is 34.2 Å². The lowest BCUT2D eigenvalue weighted by Gasteiger charge is -2.50. The van der Waals surface area contributed by atoms with E-state index in [2.05, 4.69) is 52.6 Å². The Balaban J connectivity index is 0.000000203. The highest BCUT2D eigenvalue weighted by molar-refractivity contribution is 6.39. The van der Waals surface area contributed by atoms with Gasteiger partial charge in [-0.15, -0.1) is 0 Å². The fraction of sp³-hybridized carbons (Fsp3) is 0.667. The Bertz CT molecular complexity index is 3390. The molecule has 480 valence electrons. The predicted molar refractivity (Wildman–Crippen MR) is 341 cm³/mol. The van der Waals surface area contributed by atoms with Crippen molar-refractivity contribution in [1.29, 1.82) is 0 Å². The summed E-state index contributed by atoms with van der Waals surface area (Å²) in [5.41, 5.74) is -1.07. The number of aromatic amines is 2. The van der Waals surface area contributed by atoms with E-state index < -0.39 is 29.4 Å². The molecule has 5 aromatic rings. The van der Waals surface area contributed by atoms with E-state index in [0.29, 0.717) is 53.4 Å². The van der Waals surface area contributed by atoms with Gasteiger partial charge >= 0.3 is 24.0 Å². The summed E-state index contributed by atoms with van der Waals surface area (Å²) in [7, 11) is 3.23. The zero-order chi connectivity index (χ0) is 63.4. The molecule has 4 unspecified atom stereocenters. The molecule has 2 N–H and O–H groups in total. The van der Waals surface area contributed by atoms with Crippen LogP contribution in [0.15, 0.2) is 18.2 Å². The number of amides is 1. The number of rotatable bonds is 14. The number of halogens is 2. The molecule has 20 heteroatoms. The molecule has 1 amide bonds. The van der Waals surface area contributed by atoms with Crippen LogP contribution in [0.4, 0.5) is 16.2 Å². The van der Waals surface area contributed by atoms with Crippen molar-refractivity contribution in [3.63, 3.8) is 0 Å². The number of esters is 3. The van der Waals surface area contributed by atoms with E-state index in [1.165, 1.54) is 118 Å². The molecule has 0 bridgehead atoms. The number of hydrogen-bond donors (Lipinski definition) is 2. The third-order valence-corrected chi connectivity index (χ3v) is 21.9. The highest BCUT2D eigenvalue weighted by atomic mass is 35.5. The molecule has 0 aliphatic heterocycles. The first-order valence-corrected chi connectivity index (χ1v) is 34.0. The fourth-order valence-corrected chi connectivity index (χ4v) is 16.9. The van der Waals surface area contributed by atoms with Gasteiger partial charge in [-0.25, -0.2) is 47.9 Å². The molecule has 18 nitrogen and oxygen atoms in total. The lowest BCUT2D eigenvalue weighted by molar-refractivity contribution is -0.111. The molecule has 6 aliphatic carbocycles. The summed E-state index contributed by atoms with van der Waals surface area (Å²) >= 11 is 12.4. The SMILES string of the molecule is [C-]#[N+]c1c(C(=O)OC2C(C)CC(CC)CC2C)c2nc(C(C)(C)C=O)[nH]n2c1OC(=O)c1c(Cl)cccc1Cl.[C-]#[N+]c1c(C(=O)OC2C(C3CCCCC3)CC(C3CCCCC3)CC2C2CCCCC2)c2nc(C3CCC(C)CC3)[nH]n2c1OC(=O)N(C)C. The number of carbonyl (C=O) groups is 5. The Labute approximate surface area is 534 Å². The second-order valence-electron chi connectivity index (χ2n) is 28.0. The van der Waals surface area contributed by atoms with Crippen LogP contribution in [0.1, 0.15) is 244 Å². The van der Waals surface area contributed by atoms with Crippen molar-refractivity contribution in [3.05, 3.63) is 79.4 Å². The van der Waals surface area contributed by atoms with Gasteiger partial charge in [0.25, 0.3) is 11.4 Å².